The van der Waals surface area contributed by atoms with Crippen LogP contribution in [0.2, 0.25) is 0 Å². The molecule has 0 spiro atoms. The fourth-order valence-corrected chi connectivity index (χ4v) is 1.79. The Kier molecular flexibility index (Phi) is 3.12. The van der Waals surface area contributed by atoms with Crippen molar-refractivity contribution in [2.24, 2.45) is 4.99 Å². The normalized spacial score (nSPS) is 11.3. The molecule has 1 aromatic carbocycles. The molecule has 0 aliphatic carbocycles. The molecular weight excluding hydrogens is 252 g/mol. The van der Waals surface area contributed by atoms with Crippen LogP contribution in [0.25, 0.3) is 17.0 Å². The molecule has 20 heavy (non-hydrogen) atoms. The molecule has 2 heterocycles. The van der Waals surface area contributed by atoms with Gasteiger partial charge >= 0.3 is 0 Å². The fraction of sp³-hybridized carbons (Fsp3) is 0.143. The van der Waals surface area contributed by atoms with Crippen LogP contribution >= 0.6 is 0 Å². The van der Waals surface area contributed by atoms with E-state index in [0.29, 0.717) is 17.3 Å². The molecule has 0 amide bonds. The highest BCUT2D eigenvalue weighted by Gasteiger charge is 2.08. The van der Waals surface area contributed by atoms with Gasteiger partial charge in [-0.2, -0.15) is 4.52 Å². The van der Waals surface area contributed by atoms with Crippen LogP contribution in [0.1, 0.15) is 0 Å². The molecule has 0 atom stereocenters. The Labute approximate surface area is 116 Å². The van der Waals surface area contributed by atoms with E-state index in [1.807, 2.05) is 61.5 Å². The van der Waals surface area contributed by atoms with E-state index in [1.54, 1.807) is 10.9 Å². The Morgan fingerprint density at radius 2 is 1.85 bits per heavy atom. The van der Waals surface area contributed by atoms with Crippen molar-refractivity contribution in [1.82, 2.24) is 24.7 Å². The lowest BCUT2D eigenvalue weighted by Gasteiger charge is -2.02. The van der Waals surface area contributed by atoms with Crippen molar-refractivity contribution in [3.63, 3.8) is 0 Å². The Morgan fingerprint density at radius 3 is 2.60 bits per heavy atom. The first-order valence-corrected chi connectivity index (χ1v) is 6.22. The van der Waals surface area contributed by atoms with E-state index in [9.17, 15) is 0 Å². The van der Waals surface area contributed by atoms with Crippen LogP contribution in [0.4, 0.5) is 5.82 Å². The van der Waals surface area contributed by atoms with Crippen LogP contribution in [-0.4, -0.2) is 45.1 Å². The maximum Gasteiger partial charge on any atom is 0.185 e. The second-order valence-electron chi connectivity index (χ2n) is 4.56. The molecule has 0 fully saturated rings. The monoisotopic (exact) mass is 266 g/mol. The van der Waals surface area contributed by atoms with Gasteiger partial charge in [-0.25, -0.2) is 4.99 Å². The molecule has 0 bridgehead atoms. The summed E-state index contributed by atoms with van der Waals surface area (Å²) in [6, 6.07) is 13.5. The van der Waals surface area contributed by atoms with Crippen LogP contribution < -0.4 is 0 Å². The molecule has 0 aliphatic heterocycles. The van der Waals surface area contributed by atoms with Gasteiger partial charge in [0.2, 0.25) is 0 Å². The first-order chi connectivity index (χ1) is 9.74. The van der Waals surface area contributed by atoms with E-state index in [4.69, 9.17) is 0 Å². The van der Waals surface area contributed by atoms with E-state index >= 15 is 0 Å². The maximum absolute atomic E-state index is 4.45. The zero-order valence-electron chi connectivity index (χ0n) is 11.3. The molecule has 0 radical (unpaired) electrons. The molecule has 6 nitrogen and oxygen atoms in total. The van der Waals surface area contributed by atoms with Crippen molar-refractivity contribution >= 4 is 17.8 Å². The molecule has 0 N–H and O–H groups in total. The Morgan fingerprint density at radius 1 is 1.05 bits per heavy atom. The third-order valence-corrected chi connectivity index (χ3v) is 2.70. The third-order valence-electron chi connectivity index (χ3n) is 2.70. The largest absolute Gasteiger partial charge is 0.369 e. The average molecular weight is 266 g/mol. The number of aliphatic imine (C=N–C) groups is 1. The number of aromatic nitrogens is 4. The molecule has 3 aromatic rings. The summed E-state index contributed by atoms with van der Waals surface area (Å²) >= 11 is 0. The Bertz CT molecular complexity index is 745. The predicted molar refractivity (Wildman–Crippen MR) is 78.1 cm³/mol. The zero-order valence-corrected chi connectivity index (χ0v) is 11.3. The number of hydrogen-bond donors (Lipinski definition) is 0. The smallest absolute Gasteiger partial charge is 0.185 e. The average Bonchev–Trinajstić information content (AvgIpc) is 2.89. The van der Waals surface area contributed by atoms with Gasteiger partial charge in [-0.1, -0.05) is 30.3 Å². The molecule has 0 saturated heterocycles. The highest BCUT2D eigenvalue weighted by atomic mass is 15.4. The Balaban J connectivity index is 2.09. The van der Waals surface area contributed by atoms with Crippen LogP contribution in [0, 0.1) is 0 Å². The van der Waals surface area contributed by atoms with Crippen molar-refractivity contribution < 1.29 is 0 Å². The molecule has 0 saturated carbocycles. The summed E-state index contributed by atoms with van der Waals surface area (Å²) in [5.41, 5.74) is 1.67. The number of fused-ring (bicyclic) bond motifs is 1. The van der Waals surface area contributed by atoms with E-state index in [2.05, 4.69) is 20.3 Å². The molecular formula is C14H14N6. The highest BCUT2D eigenvalue weighted by Crippen LogP contribution is 2.18. The van der Waals surface area contributed by atoms with Gasteiger partial charge in [-0.15, -0.1) is 15.3 Å². The van der Waals surface area contributed by atoms with Crippen molar-refractivity contribution in [1.29, 1.82) is 0 Å². The Hall–Kier alpha value is -2.76. The van der Waals surface area contributed by atoms with Gasteiger partial charge < -0.3 is 4.90 Å². The SMILES string of the molecule is CN(C)C=Nc1ccc2nnc(-c3ccccc3)n2n1. The van der Waals surface area contributed by atoms with Crippen molar-refractivity contribution in [2.75, 3.05) is 14.1 Å². The van der Waals surface area contributed by atoms with E-state index in [1.165, 1.54) is 0 Å². The molecule has 6 heteroatoms. The number of nitrogens with zero attached hydrogens (tertiary/aromatic N) is 6. The summed E-state index contributed by atoms with van der Waals surface area (Å²) in [6.07, 6.45) is 1.71. The number of rotatable bonds is 3. The van der Waals surface area contributed by atoms with Crippen molar-refractivity contribution in [3.8, 4) is 11.4 Å². The molecule has 2 aromatic heterocycles. The number of hydrogen-bond acceptors (Lipinski definition) is 4. The summed E-state index contributed by atoms with van der Waals surface area (Å²) in [5.74, 6) is 1.32. The lowest BCUT2D eigenvalue weighted by atomic mass is 10.2. The predicted octanol–water partition coefficient (Wildman–Crippen LogP) is 2.01. The summed E-state index contributed by atoms with van der Waals surface area (Å²) in [5, 5.41) is 12.8. The van der Waals surface area contributed by atoms with Gasteiger partial charge in [0.25, 0.3) is 0 Å². The van der Waals surface area contributed by atoms with E-state index in [0.717, 1.165) is 5.56 Å². The summed E-state index contributed by atoms with van der Waals surface area (Å²) in [7, 11) is 3.83. The van der Waals surface area contributed by atoms with Gasteiger partial charge in [0.1, 0.15) is 0 Å². The van der Waals surface area contributed by atoms with Gasteiger partial charge in [0.15, 0.2) is 17.3 Å². The fourth-order valence-electron chi connectivity index (χ4n) is 1.79. The van der Waals surface area contributed by atoms with Gasteiger partial charge in [0, 0.05) is 19.7 Å². The highest BCUT2D eigenvalue weighted by molar-refractivity contribution is 5.61. The standard InChI is InChI=1S/C14H14N6/c1-19(2)10-15-12-8-9-13-16-17-14(20(13)18-12)11-6-4-3-5-7-11/h3-10H,1-2H3. The second-order valence-corrected chi connectivity index (χ2v) is 4.56. The summed E-state index contributed by atoms with van der Waals surface area (Å²) in [6.45, 7) is 0. The minimum absolute atomic E-state index is 0.614. The van der Waals surface area contributed by atoms with Gasteiger partial charge in [-0.05, 0) is 12.1 Å². The first-order valence-electron chi connectivity index (χ1n) is 6.22. The van der Waals surface area contributed by atoms with Crippen LogP contribution in [0.15, 0.2) is 47.5 Å². The van der Waals surface area contributed by atoms with Crippen LogP contribution in [-0.2, 0) is 0 Å². The summed E-state index contributed by atoms with van der Waals surface area (Å²) in [4.78, 5) is 6.14. The third kappa shape index (κ3) is 2.35. The molecule has 100 valence electrons. The minimum Gasteiger partial charge on any atom is -0.369 e. The van der Waals surface area contributed by atoms with E-state index < -0.39 is 0 Å². The van der Waals surface area contributed by atoms with Gasteiger partial charge in [0.05, 0.1) is 6.34 Å². The van der Waals surface area contributed by atoms with Crippen molar-refractivity contribution in [3.05, 3.63) is 42.5 Å². The quantitative estimate of drug-likeness (QED) is 0.537. The lowest BCUT2D eigenvalue weighted by Crippen LogP contribution is -2.07. The zero-order chi connectivity index (χ0) is 13.9. The number of benzene rings is 1. The van der Waals surface area contributed by atoms with Crippen molar-refractivity contribution in [2.45, 2.75) is 0 Å². The molecule has 0 unspecified atom stereocenters. The molecule has 0 aliphatic rings. The summed E-state index contributed by atoms with van der Waals surface area (Å²) < 4.78 is 1.71. The second kappa shape index (κ2) is 5.08. The minimum atomic E-state index is 0.614. The first kappa shape index (κ1) is 12.3. The maximum atomic E-state index is 4.45. The topological polar surface area (TPSA) is 58.7 Å². The lowest BCUT2D eigenvalue weighted by molar-refractivity contribution is 0.642. The molecule has 3 rings (SSSR count). The van der Waals surface area contributed by atoms with Crippen LogP contribution in [0.3, 0.4) is 0 Å². The van der Waals surface area contributed by atoms with Gasteiger partial charge in [-0.3, -0.25) is 0 Å². The van der Waals surface area contributed by atoms with E-state index in [-0.39, 0.29) is 0 Å². The van der Waals surface area contributed by atoms with Crippen LogP contribution in [0.5, 0.6) is 0 Å².